The number of hydrogen-bond acceptors (Lipinski definition) is 8. The van der Waals surface area contributed by atoms with Crippen LogP contribution in [0.15, 0.2) is 79.0 Å². The summed E-state index contributed by atoms with van der Waals surface area (Å²) in [6, 6.07) is 24.1. The molecule has 5 heterocycles. The van der Waals surface area contributed by atoms with Gasteiger partial charge >= 0.3 is 6.09 Å². The zero-order chi connectivity index (χ0) is 40.9. The second kappa shape index (κ2) is 18.0. The maximum atomic E-state index is 13.8. The fourth-order valence-corrected chi connectivity index (χ4v) is 8.79. The smallest absolute Gasteiger partial charge is 0.407 e. The van der Waals surface area contributed by atoms with Crippen molar-refractivity contribution in [1.29, 1.82) is 0 Å². The van der Waals surface area contributed by atoms with E-state index in [1.165, 1.54) is 12.7 Å². The van der Waals surface area contributed by atoms with E-state index in [2.05, 4.69) is 80.8 Å². The molecule has 13 heteroatoms. The summed E-state index contributed by atoms with van der Waals surface area (Å²) in [6.45, 7) is 3.05. The number of methoxy groups -OCH3 is 1. The van der Waals surface area contributed by atoms with E-state index in [0.29, 0.717) is 32.6 Å². The van der Waals surface area contributed by atoms with Gasteiger partial charge in [0.1, 0.15) is 17.7 Å². The van der Waals surface area contributed by atoms with E-state index in [0.717, 1.165) is 108 Å². The molecule has 3 N–H and O–H groups in total. The van der Waals surface area contributed by atoms with E-state index >= 15 is 0 Å². The van der Waals surface area contributed by atoms with Crippen molar-refractivity contribution < 1.29 is 23.9 Å². The Morgan fingerprint density at radius 2 is 1.53 bits per heavy atom. The third-order valence-corrected chi connectivity index (χ3v) is 11.8. The molecule has 0 spiro atoms. The van der Waals surface area contributed by atoms with Crippen LogP contribution in [0.25, 0.3) is 33.6 Å². The van der Waals surface area contributed by atoms with Gasteiger partial charge in [0.2, 0.25) is 11.8 Å². The fraction of sp³-hybridized carbons (Fsp3) is 0.413. The summed E-state index contributed by atoms with van der Waals surface area (Å²) >= 11 is 0. The van der Waals surface area contributed by atoms with Gasteiger partial charge in [-0.1, -0.05) is 72.8 Å². The Morgan fingerprint density at radius 3 is 2.27 bits per heavy atom. The lowest BCUT2D eigenvalue weighted by molar-refractivity contribution is -0.134. The Kier molecular flexibility index (Phi) is 12.2. The normalized spacial score (nSPS) is 19.9. The van der Waals surface area contributed by atoms with Crippen LogP contribution < -0.4 is 5.32 Å². The number of fused-ring (bicyclic) bond motifs is 4. The Hall–Kier alpha value is -5.79. The van der Waals surface area contributed by atoms with Crippen LogP contribution in [0.4, 0.5) is 4.79 Å². The number of carbonyl (C=O) groups is 3. The predicted molar refractivity (Wildman–Crippen MR) is 225 cm³/mol. The number of imidazole rings is 2. The van der Waals surface area contributed by atoms with Crippen molar-refractivity contribution in [2.45, 2.75) is 82.6 Å². The van der Waals surface area contributed by atoms with Gasteiger partial charge in [-0.25, -0.2) is 14.8 Å². The summed E-state index contributed by atoms with van der Waals surface area (Å²) in [4.78, 5) is 62.4. The zero-order valence-electron chi connectivity index (χ0n) is 34.2. The third-order valence-electron chi connectivity index (χ3n) is 11.8. The maximum absolute atomic E-state index is 13.8. The van der Waals surface area contributed by atoms with Gasteiger partial charge in [-0.3, -0.25) is 9.59 Å². The van der Waals surface area contributed by atoms with Crippen LogP contribution in [0.5, 0.6) is 0 Å². The number of rotatable bonds is 9. The van der Waals surface area contributed by atoms with Crippen LogP contribution in [0.1, 0.15) is 85.5 Å². The molecule has 0 radical (unpaired) electrons. The number of hydrogen-bond donors (Lipinski definition) is 3. The number of carbonyl (C=O) groups excluding carboxylic acids is 3. The lowest BCUT2D eigenvalue weighted by Gasteiger charge is -2.28. The van der Waals surface area contributed by atoms with E-state index in [4.69, 9.17) is 19.4 Å². The summed E-state index contributed by atoms with van der Waals surface area (Å²) in [5.41, 5.74) is 9.02. The molecule has 2 saturated heterocycles. The Morgan fingerprint density at radius 1 is 0.831 bits per heavy atom. The second-order valence-electron chi connectivity index (χ2n) is 16.1. The highest BCUT2D eigenvalue weighted by Gasteiger charge is 2.37. The fourth-order valence-electron chi connectivity index (χ4n) is 8.79. The first-order valence-corrected chi connectivity index (χ1v) is 20.8. The van der Waals surface area contributed by atoms with Crippen LogP contribution >= 0.6 is 0 Å². The first-order chi connectivity index (χ1) is 28.7. The molecule has 3 aromatic carbocycles. The third kappa shape index (κ3) is 8.96. The number of nitrogens with zero attached hydrogens (tertiary/aromatic N) is 5. The monoisotopic (exact) mass is 798 g/mol. The lowest BCUT2D eigenvalue weighted by Crippen LogP contribution is -2.48. The summed E-state index contributed by atoms with van der Waals surface area (Å²) in [5, 5.41) is 2.75. The Labute approximate surface area is 345 Å². The van der Waals surface area contributed by atoms with E-state index in [1.807, 2.05) is 42.2 Å². The van der Waals surface area contributed by atoms with E-state index in [9.17, 15) is 14.4 Å². The summed E-state index contributed by atoms with van der Waals surface area (Å²) in [7, 11) is 5.40. The molecule has 0 unspecified atom stereocenters. The number of amides is 3. The first-order valence-electron chi connectivity index (χ1n) is 20.8. The first kappa shape index (κ1) is 40.0. The molecule has 3 aliphatic heterocycles. The molecule has 3 atom stereocenters. The minimum Gasteiger partial charge on any atom is -0.453 e. The number of ether oxygens (including phenoxy) is 2. The number of aromatic amines is 2. The van der Waals surface area contributed by atoms with Crippen molar-refractivity contribution in [3.05, 3.63) is 107 Å². The van der Waals surface area contributed by atoms with Gasteiger partial charge in [0.15, 0.2) is 0 Å². The molecule has 0 saturated carbocycles. The van der Waals surface area contributed by atoms with Gasteiger partial charge in [-0.05, 0) is 86.9 Å². The predicted octanol–water partition coefficient (Wildman–Crippen LogP) is 7.19. The second-order valence-corrected chi connectivity index (χ2v) is 16.1. The number of aromatic nitrogens is 4. The van der Waals surface area contributed by atoms with Gasteiger partial charge in [-0.2, -0.15) is 0 Å². The number of H-pyrrole nitrogens is 2. The minimum absolute atomic E-state index is 0.0687. The standard InChI is InChI=1S/C46H54N8O5/c1-52(2)28-35-11-5-4-10-34(35)26-41(55)53-23-8-13-39(53)43-47-27-37(48-43)32-19-15-30(16-20-32)31-17-21-33(22-18-31)42-38-29-59-25-7-6-12-36(50-46(57)58-3)45(56)54-24-9-14-40(54)44(49-38)51-42/h4-5,10-11,15-22,27,36,39-40H,6-9,12-14,23-26,28-29H2,1-3H3,(H,47,48)(H,49,51)(H,50,57)/t36-,39-,40-/m0/s1. The van der Waals surface area contributed by atoms with Crippen molar-refractivity contribution in [2.75, 3.05) is 40.9 Å². The molecule has 8 rings (SSSR count). The quantitative estimate of drug-likeness (QED) is 0.142. The molecule has 3 aliphatic rings. The number of likely N-dealkylation sites (tertiary alicyclic amines) is 1. The van der Waals surface area contributed by atoms with Crippen molar-refractivity contribution in [1.82, 2.24) is 40.0 Å². The van der Waals surface area contributed by atoms with Gasteiger partial charge in [0.05, 0.1) is 55.5 Å². The van der Waals surface area contributed by atoms with Gasteiger partial charge < -0.3 is 39.5 Å². The number of alkyl carbamates (subject to hydrolysis) is 1. The molecule has 2 fully saturated rings. The highest BCUT2D eigenvalue weighted by molar-refractivity contribution is 5.86. The summed E-state index contributed by atoms with van der Waals surface area (Å²) in [5.74, 6) is 1.59. The zero-order valence-corrected chi connectivity index (χ0v) is 34.2. The highest BCUT2D eigenvalue weighted by Crippen LogP contribution is 2.36. The molecule has 3 amide bonds. The molecule has 13 nitrogen and oxygen atoms in total. The molecule has 5 aromatic rings. The molecule has 2 bridgehead atoms. The van der Waals surface area contributed by atoms with E-state index < -0.39 is 12.1 Å². The Bertz CT molecular complexity index is 2250. The van der Waals surface area contributed by atoms with E-state index in [-0.39, 0.29) is 23.9 Å². The van der Waals surface area contributed by atoms with Crippen LogP contribution in [-0.4, -0.2) is 99.5 Å². The average molecular weight is 799 g/mol. The number of benzene rings is 3. The minimum atomic E-state index is -0.663. The Balaban J connectivity index is 0.953. The largest absolute Gasteiger partial charge is 0.453 e. The lowest BCUT2D eigenvalue weighted by atomic mass is 10.0. The molecule has 59 heavy (non-hydrogen) atoms. The van der Waals surface area contributed by atoms with Gasteiger partial charge in [0, 0.05) is 31.8 Å². The van der Waals surface area contributed by atoms with Gasteiger partial charge in [0.25, 0.3) is 0 Å². The SMILES string of the molecule is COC(=O)N[C@H]1CCCCOCc2[nH]c(nc2-c2ccc(-c3ccc(-c4cnc([C@@H]5CCCN5C(=O)Cc5ccccc5CN(C)C)[nH]4)cc3)cc2)[C@@H]2CCCN2C1=O. The molecule has 308 valence electrons. The molecule has 0 aliphatic carbocycles. The molecular formula is C46H54N8O5. The summed E-state index contributed by atoms with van der Waals surface area (Å²) < 4.78 is 10.9. The van der Waals surface area contributed by atoms with Crippen LogP contribution in [0.3, 0.4) is 0 Å². The summed E-state index contributed by atoms with van der Waals surface area (Å²) in [6.07, 6.45) is 7.13. The average Bonchev–Trinajstić information content (AvgIpc) is 4.08. The van der Waals surface area contributed by atoms with Crippen molar-refractivity contribution in [2.24, 2.45) is 0 Å². The van der Waals surface area contributed by atoms with Crippen molar-refractivity contribution >= 4 is 17.9 Å². The molecule has 2 aromatic heterocycles. The maximum Gasteiger partial charge on any atom is 0.407 e. The van der Waals surface area contributed by atoms with Crippen LogP contribution in [-0.2, 0) is 38.6 Å². The van der Waals surface area contributed by atoms with Crippen LogP contribution in [0.2, 0.25) is 0 Å². The van der Waals surface area contributed by atoms with Crippen LogP contribution in [0, 0.1) is 0 Å². The van der Waals surface area contributed by atoms with Crippen molar-refractivity contribution in [3.63, 3.8) is 0 Å². The highest BCUT2D eigenvalue weighted by atomic mass is 16.5. The number of nitrogens with one attached hydrogen (secondary N) is 3. The van der Waals surface area contributed by atoms with Crippen molar-refractivity contribution in [3.8, 4) is 33.6 Å². The topological polar surface area (TPSA) is 149 Å². The van der Waals surface area contributed by atoms with Gasteiger partial charge in [-0.15, -0.1) is 0 Å². The molecular weight excluding hydrogens is 745 g/mol. The van der Waals surface area contributed by atoms with E-state index in [1.54, 1.807) is 0 Å².